The molecule has 160 valence electrons. The summed E-state index contributed by atoms with van der Waals surface area (Å²) >= 11 is 0. The van der Waals surface area contributed by atoms with Crippen molar-refractivity contribution in [2.75, 3.05) is 7.11 Å². The van der Waals surface area contributed by atoms with Crippen molar-refractivity contribution in [1.82, 2.24) is 4.57 Å². The topological polar surface area (TPSA) is 74.3 Å². The van der Waals surface area contributed by atoms with Gasteiger partial charge < -0.3 is 15.0 Å². The quantitative estimate of drug-likeness (QED) is 0.585. The van der Waals surface area contributed by atoms with Crippen LogP contribution in [0.1, 0.15) is 69.0 Å². The Kier molecular flexibility index (Phi) is 5.68. The number of carbonyl (C=O) groups excluding carboxylic acids is 2. The average Bonchev–Trinajstić information content (AvgIpc) is 3.32. The lowest BCUT2D eigenvalue weighted by molar-refractivity contribution is 0.0600. The van der Waals surface area contributed by atoms with Gasteiger partial charge in [-0.3, -0.25) is 4.79 Å². The SMILES string of the molecule is CCCc1c(-c2ccc(C(=O)OC)cc2)c(C(N)=O)c(C)n1C1CCc2ccccc21. The first-order chi connectivity index (χ1) is 15.0. The molecule has 2 N–H and O–H groups in total. The molecule has 0 fully saturated rings. The van der Waals surface area contributed by atoms with E-state index in [1.165, 1.54) is 18.2 Å². The van der Waals surface area contributed by atoms with Gasteiger partial charge in [0.1, 0.15) is 0 Å². The number of ether oxygens (including phenoxy) is 1. The van der Waals surface area contributed by atoms with Crippen molar-refractivity contribution in [3.05, 3.63) is 82.2 Å². The zero-order chi connectivity index (χ0) is 22.1. The van der Waals surface area contributed by atoms with Gasteiger partial charge in [0.2, 0.25) is 0 Å². The van der Waals surface area contributed by atoms with Crippen LogP contribution < -0.4 is 5.73 Å². The summed E-state index contributed by atoms with van der Waals surface area (Å²) in [5.74, 6) is -0.807. The van der Waals surface area contributed by atoms with Gasteiger partial charge >= 0.3 is 5.97 Å². The summed E-state index contributed by atoms with van der Waals surface area (Å²) in [5, 5.41) is 0. The van der Waals surface area contributed by atoms with Crippen LogP contribution in [0.15, 0.2) is 48.5 Å². The number of primary amides is 1. The lowest BCUT2D eigenvalue weighted by Gasteiger charge is -2.21. The van der Waals surface area contributed by atoms with E-state index >= 15 is 0 Å². The summed E-state index contributed by atoms with van der Waals surface area (Å²) in [6.07, 6.45) is 3.81. The number of aryl methyl sites for hydroxylation is 1. The van der Waals surface area contributed by atoms with E-state index in [0.29, 0.717) is 11.1 Å². The number of esters is 1. The van der Waals surface area contributed by atoms with E-state index in [1.807, 2.05) is 19.1 Å². The minimum atomic E-state index is -0.424. The maximum atomic E-state index is 12.6. The molecule has 5 heteroatoms. The summed E-state index contributed by atoms with van der Waals surface area (Å²) in [4.78, 5) is 24.5. The molecule has 0 aliphatic heterocycles. The van der Waals surface area contributed by atoms with Gasteiger partial charge in [0.05, 0.1) is 24.3 Å². The number of hydrogen-bond donors (Lipinski definition) is 1. The predicted molar refractivity (Wildman–Crippen MR) is 121 cm³/mol. The molecule has 1 aliphatic rings. The minimum absolute atomic E-state index is 0.193. The van der Waals surface area contributed by atoms with E-state index in [4.69, 9.17) is 10.5 Å². The first kappa shape index (κ1) is 20.9. The van der Waals surface area contributed by atoms with Crippen LogP contribution in [0.3, 0.4) is 0 Å². The third kappa shape index (κ3) is 3.54. The molecule has 0 radical (unpaired) electrons. The Labute approximate surface area is 182 Å². The lowest BCUT2D eigenvalue weighted by Crippen LogP contribution is -2.15. The van der Waals surface area contributed by atoms with Crippen LogP contribution >= 0.6 is 0 Å². The van der Waals surface area contributed by atoms with Crippen LogP contribution in [0, 0.1) is 6.92 Å². The molecule has 0 bridgehead atoms. The number of hydrogen-bond acceptors (Lipinski definition) is 3. The molecule has 1 aliphatic carbocycles. The Balaban J connectivity index is 1.93. The van der Waals surface area contributed by atoms with Gasteiger partial charge in [0.15, 0.2) is 0 Å². The summed E-state index contributed by atoms with van der Waals surface area (Å²) in [6.45, 7) is 4.13. The Hall–Kier alpha value is -3.34. The highest BCUT2D eigenvalue weighted by Crippen LogP contribution is 2.42. The molecule has 31 heavy (non-hydrogen) atoms. The molecule has 1 heterocycles. The first-order valence-corrected chi connectivity index (χ1v) is 10.8. The Morgan fingerprint density at radius 3 is 2.48 bits per heavy atom. The van der Waals surface area contributed by atoms with Crippen LogP contribution in [0.25, 0.3) is 11.1 Å². The number of fused-ring (bicyclic) bond motifs is 1. The summed E-state index contributed by atoms with van der Waals surface area (Å²) in [5.41, 5.74) is 13.4. The molecule has 1 atom stereocenters. The van der Waals surface area contributed by atoms with Crippen molar-refractivity contribution in [2.45, 2.75) is 45.6 Å². The van der Waals surface area contributed by atoms with Crippen molar-refractivity contribution >= 4 is 11.9 Å². The molecule has 5 nitrogen and oxygen atoms in total. The smallest absolute Gasteiger partial charge is 0.337 e. The fourth-order valence-electron chi connectivity index (χ4n) is 4.98. The fourth-order valence-corrected chi connectivity index (χ4v) is 4.98. The Morgan fingerprint density at radius 1 is 1.13 bits per heavy atom. The summed E-state index contributed by atoms with van der Waals surface area (Å²) in [6, 6.07) is 16.0. The number of carbonyl (C=O) groups is 2. The van der Waals surface area contributed by atoms with Crippen LogP contribution in [0.2, 0.25) is 0 Å². The third-order valence-electron chi connectivity index (χ3n) is 6.29. The van der Waals surface area contributed by atoms with E-state index < -0.39 is 5.91 Å². The van der Waals surface area contributed by atoms with Gasteiger partial charge in [-0.05, 0) is 55.0 Å². The van der Waals surface area contributed by atoms with Crippen molar-refractivity contribution in [2.24, 2.45) is 5.73 Å². The molecular weight excluding hydrogens is 388 g/mol. The number of nitrogens with two attached hydrogens (primary N) is 1. The molecule has 4 rings (SSSR count). The van der Waals surface area contributed by atoms with Crippen molar-refractivity contribution in [3.8, 4) is 11.1 Å². The first-order valence-electron chi connectivity index (χ1n) is 10.8. The predicted octanol–water partition coefficient (Wildman–Crippen LogP) is 4.84. The summed E-state index contributed by atoms with van der Waals surface area (Å²) < 4.78 is 7.15. The molecule has 0 saturated carbocycles. The highest BCUT2D eigenvalue weighted by atomic mass is 16.5. The lowest BCUT2D eigenvalue weighted by atomic mass is 9.97. The van der Waals surface area contributed by atoms with Gasteiger partial charge in [-0.15, -0.1) is 0 Å². The molecule has 3 aromatic rings. The number of aromatic nitrogens is 1. The second kappa shape index (κ2) is 8.42. The van der Waals surface area contributed by atoms with Crippen molar-refractivity contribution < 1.29 is 14.3 Å². The van der Waals surface area contributed by atoms with E-state index in [2.05, 4.69) is 35.8 Å². The van der Waals surface area contributed by atoms with Crippen LogP contribution in [0.4, 0.5) is 0 Å². The van der Waals surface area contributed by atoms with Crippen LogP contribution in [0.5, 0.6) is 0 Å². The second-order valence-electron chi connectivity index (χ2n) is 8.09. The zero-order valence-corrected chi connectivity index (χ0v) is 18.3. The highest BCUT2D eigenvalue weighted by molar-refractivity contribution is 6.02. The molecule has 2 aromatic carbocycles. The van der Waals surface area contributed by atoms with E-state index in [0.717, 1.165) is 48.2 Å². The molecule has 0 spiro atoms. The zero-order valence-electron chi connectivity index (χ0n) is 18.3. The maximum absolute atomic E-state index is 12.6. The maximum Gasteiger partial charge on any atom is 0.337 e. The number of methoxy groups -OCH3 is 1. The number of rotatable bonds is 6. The molecule has 0 saturated heterocycles. The average molecular weight is 417 g/mol. The molecule has 1 aromatic heterocycles. The van der Waals surface area contributed by atoms with Gasteiger partial charge in [0, 0.05) is 17.0 Å². The molecular formula is C26H28N2O3. The monoisotopic (exact) mass is 416 g/mol. The largest absolute Gasteiger partial charge is 0.465 e. The fraction of sp³-hybridized carbons (Fsp3) is 0.308. The van der Waals surface area contributed by atoms with E-state index in [-0.39, 0.29) is 12.0 Å². The van der Waals surface area contributed by atoms with Crippen molar-refractivity contribution in [3.63, 3.8) is 0 Å². The van der Waals surface area contributed by atoms with Crippen LogP contribution in [-0.2, 0) is 17.6 Å². The highest BCUT2D eigenvalue weighted by Gasteiger charge is 2.31. The standard InChI is InChI=1S/C26H28N2O3/c1-4-7-22-24(18-10-12-19(13-11-18)26(30)31-3)23(25(27)29)16(2)28(22)21-15-14-17-8-5-6-9-20(17)21/h5-6,8-13,21H,4,7,14-15H2,1-3H3,(H2,27,29). The van der Waals surface area contributed by atoms with Gasteiger partial charge in [0.25, 0.3) is 5.91 Å². The van der Waals surface area contributed by atoms with Gasteiger partial charge in [-0.2, -0.15) is 0 Å². The van der Waals surface area contributed by atoms with Gasteiger partial charge in [-0.25, -0.2) is 4.79 Å². The third-order valence-corrected chi connectivity index (χ3v) is 6.29. The summed E-state index contributed by atoms with van der Waals surface area (Å²) in [7, 11) is 1.36. The van der Waals surface area contributed by atoms with Gasteiger partial charge in [-0.1, -0.05) is 49.7 Å². The van der Waals surface area contributed by atoms with Crippen LogP contribution in [-0.4, -0.2) is 23.6 Å². The minimum Gasteiger partial charge on any atom is -0.465 e. The van der Waals surface area contributed by atoms with E-state index in [9.17, 15) is 9.59 Å². The number of benzene rings is 2. The molecule has 1 amide bonds. The second-order valence-corrected chi connectivity index (χ2v) is 8.09. The number of amides is 1. The number of nitrogens with zero attached hydrogens (tertiary/aromatic N) is 1. The Morgan fingerprint density at radius 2 is 1.84 bits per heavy atom. The van der Waals surface area contributed by atoms with Crippen molar-refractivity contribution in [1.29, 1.82) is 0 Å². The molecule has 1 unspecified atom stereocenters. The Bertz CT molecular complexity index is 1140. The normalized spacial score (nSPS) is 15.0. The van der Waals surface area contributed by atoms with E-state index in [1.54, 1.807) is 12.1 Å².